The number of aliphatic hydroxyl groups is 3. The van der Waals surface area contributed by atoms with Crippen LogP contribution in [0.15, 0.2) is 30.3 Å². The third kappa shape index (κ3) is 15.2. The van der Waals surface area contributed by atoms with E-state index in [1.165, 1.54) is 0 Å². The molecule has 2 rings (SSSR count). The second-order valence-corrected chi connectivity index (χ2v) is 13.8. The summed E-state index contributed by atoms with van der Waals surface area (Å²) >= 11 is 0. The zero-order valence-corrected chi connectivity index (χ0v) is 31.9. The third-order valence-electron chi connectivity index (χ3n) is 9.39. The van der Waals surface area contributed by atoms with Crippen molar-refractivity contribution in [1.82, 2.24) is 37.2 Å². The number of hydrogen-bond acceptors (Lipinski definition) is 12. The van der Waals surface area contributed by atoms with Crippen molar-refractivity contribution in [3.63, 3.8) is 0 Å². The molecule has 56 heavy (non-hydrogen) atoms. The molecular weight excluding hydrogens is 734 g/mol. The molecule has 0 bridgehead atoms. The highest BCUT2D eigenvalue weighted by atomic mass is 16.3. The number of carbonyl (C=O) groups is 8. The fraction of sp³-hybridized carbons (Fsp3) is 0.611. The second kappa shape index (κ2) is 23.7. The van der Waals surface area contributed by atoms with Crippen molar-refractivity contribution in [2.45, 2.75) is 114 Å². The molecule has 8 amide bonds. The van der Waals surface area contributed by atoms with Crippen LogP contribution < -0.4 is 48.7 Å². The number of nitrogens with two attached hydrogens (primary N) is 2. The van der Waals surface area contributed by atoms with Crippen LogP contribution in [0, 0.1) is 5.92 Å². The smallest absolute Gasteiger partial charge is 0.245 e. The quantitative estimate of drug-likeness (QED) is 0.0799. The highest BCUT2D eigenvalue weighted by Gasteiger charge is 2.36. The van der Waals surface area contributed by atoms with Crippen molar-refractivity contribution in [3.05, 3.63) is 35.9 Å². The van der Waals surface area contributed by atoms with Gasteiger partial charge in [-0.25, -0.2) is 0 Å². The van der Waals surface area contributed by atoms with Crippen LogP contribution in [0.4, 0.5) is 0 Å². The molecule has 1 saturated heterocycles. The van der Waals surface area contributed by atoms with Crippen LogP contribution >= 0.6 is 0 Å². The van der Waals surface area contributed by atoms with Gasteiger partial charge in [0, 0.05) is 19.4 Å². The summed E-state index contributed by atoms with van der Waals surface area (Å²) in [4.78, 5) is 104. The predicted octanol–water partition coefficient (Wildman–Crippen LogP) is -4.56. The topological polar surface area (TPSA) is 333 Å². The van der Waals surface area contributed by atoms with E-state index >= 15 is 0 Å². The molecule has 20 heteroatoms. The van der Waals surface area contributed by atoms with Gasteiger partial charge in [-0.2, -0.15) is 0 Å². The summed E-state index contributed by atoms with van der Waals surface area (Å²) in [5.41, 5.74) is 11.6. The molecule has 0 radical (unpaired) electrons. The van der Waals surface area contributed by atoms with Gasteiger partial charge in [-0.15, -0.1) is 0 Å². The predicted molar refractivity (Wildman–Crippen MR) is 200 cm³/mol. The van der Waals surface area contributed by atoms with Gasteiger partial charge in [0.1, 0.15) is 36.3 Å². The maximum Gasteiger partial charge on any atom is 0.245 e. The Hall–Kier alpha value is -5.18. The van der Waals surface area contributed by atoms with Crippen LogP contribution in [0.3, 0.4) is 0 Å². The number of amides is 8. The molecule has 1 fully saturated rings. The minimum Gasteiger partial charge on any atom is -0.394 e. The fourth-order valence-corrected chi connectivity index (χ4v) is 5.77. The minimum absolute atomic E-state index is 0.0136. The molecule has 0 saturated carbocycles. The lowest BCUT2D eigenvalue weighted by Gasteiger charge is -2.29. The van der Waals surface area contributed by atoms with Gasteiger partial charge in [0.05, 0.1) is 25.4 Å². The Labute approximate surface area is 325 Å². The number of hydrogen-bond donors (Lipinski definition) is 12. The maximum absolute atomic E-state index is 13.8. The summed E-state index contributed by atoms with van der Waals surface area (Å²) in [6.45, 7) is 3.04. The lowest BCUT2D eigenvalue weighted by Crippen LogP contribution is -2.62. The van der Waals surface area contributed by atoms with Gasteiger partial charge in [0.2, 0.25) is 47.3 Å². The Morgan fingerprint density at radius 2 is 1.52 bits per heavy atom. The monoisotopic (exact) mass is 791 g/mol. The van der Waals surface area contributed by atoms with Crippen LogP contribution in [-0.2, 0) is 44.8 Å². The van der Waals surface area contributed by atoms with E-state index in [4.69, 9.17) is 11.5 Å². The van der Waals surface area contributed by atoms with E-state index in [1.807, 2.05) is 0 Å². The summed E-state index contributed by atoms with van der Waals surface area (Å²) < 4.78 is 0. The lowest BCUT2D eigenvalue weighted by molar-refractivity contribution is -0.137. The second-order valence-electron chi connectivity index (χ2n) is 13.8. The SMILES string of the molecule is CC[C@H](C)[C@H](NC(=O)C1CCCCNC(=O)CCC(N[C@@H](CO)C(N)=O)C(=O)N[C@@H]([C@@H](C)O)C(=O)N[C@@H](CO)C(=O)N1)C(=O)N[C@@H](Cc1ccccc1)C(N)=O. The first-order valence-electron chi connectivity index (χ1n) is 18.6. The molecule has 1 aliphatic heterocycles. The van der Waals surface area contributed by atoms with Gasteiger partial charge < -0.3 is 58.7 Å². The molecule has 0 spiro atoms. The van der Waals surface area contributed by atoms with Crippen LogP contribution in [0.2, 0.25) is 0 Å². The number of nitrogens with one attached hydrogen (secondary N) is 7. The Morgan fingerprint density at radius 1 is 0.857 bits per heavy atom. The molecule has 0 aromatic heterocycles. The maximum atomic E-state index is 13.8. The highest BCUT2D eigenvalue weighted by molar-refractivity contribution is 5.97. The first-order valence-corrected chi connectivity index (χ1v) is 18.6. The van der Waals surface area contributed by atoms with Gasteiger partial charge in [0.25, 0.3) is 0 Å². The van der Waals surface area contributed by atoms with E-state index in [9.17, 15) is 53.7 Å². The van der Waals surface area contributed by atoms with E-state index < -0.39 is 115 Å². The normalized spacial score (nSPS) is 23.2. The van der Waals surface area contributed by atoms with Gasteiger partial charge in [-0.3, -0.25) is 43.7 Å². The molecule has 9 atom stereocenters. The molecule has 1 heterocycles. The summed E-state index contributed by atoms with van der Waals surface area (Å²) in [6, 6.07) is -0.864. The number of aliphatic hydroxyl groups excluding tert-OH is 3. The first kappa shape index (κ1) is 47.0. The Balaban J connectivity index is 2.35. The van der Waals surface area contributed by atoms with Gasteiger partial charge in [-0.05, 0) is 44.1 Å². The fourth-order valence-electron chi connectivity index (χ4n) is 5.77. The van der Waals surface area contributed by atoms with Crippen molar-refractivity contribution in [3.8, 4) is 0 Å². The largest absolute Gasteiger partial charge is 0.394 e. The van der Waals surface area contributed by atoms with Crippen LogP contribution in [-0.4, -0.2) is 131 Å². The first-order chi connectivity index (χ1) is 26.5. The average Bonchev–Trinajstić information content (AvgIpc) is 3.16. The molecule has 14 N–H and O–H groups in total. The van der Waals surface area contributed by atoms with E-state index in [0.717, 1.165) is 12.5 Å². The Bertz CT molecular complexity index is 1510. The zero-order chi connectivity index (χ0) is 41.9. The van der Waals surface area contributed by atoms with Crippen molar-refractivity contribution in [2.24, 2.45) is 17.4 Å². The third-order valence-corrected chi connectivity index (χ3v) is 9.39. The van der Waals surface area contributed by atoms with Crippen LogP contribution in [0.1, 0.15) is 64.9 Å². The van der Waals surface area contributed by atoms with E-state index in [-0.39, 0.29) is 38.6 Å². The number of benzene rings is 1. The Morgan fingerprint density at radius 3 is 2.09 bits per heavy atom. The Kier molecular flexibility index (Phi) is 19.9. The standard InChI is InChI=1S/C36H57N9O11/c1-4-19(2)28(35(55)42-24(30(37)50)16-21-10-6-5-7-11-21)44-32(52)22-12-8-9-15-39-27(49)14-13-23(40-25(17-46)31(38)51)33(53)45-29(20(3)48)36(56)43-26(18-47)34(54)41-22/h5-7,10-11,19-20,22-26,28-29,40,46-48H,4,8-9,12-18H2,1-3H3,(H2,37,50)(H2,38,51)(H,39,49)(H,41,54)(H,42,55)(H,43,56)(H,44,52)(H,45,53)/t19-,20+,22?,23?,24-,25-,26-,28-,29-/m0/s1. The molecule has 1 aliphatic rings. The summed E-state index contributed by atoms with van der Waals surface area (Å²) in [7, 11) is 0. The van der Waals surface area contributed by atoms with Gasteiger partial charge in [-0.1, -0.05) is 50.6 Å². The molecular formula is C36H57N9O11. The van der Waals surface area contributed by atoms with E-state index in [2.05, 4.69) is 37.2 Å². The summed E-state index contributed by atoms with van der Waals surface area (Å²) in [5, 5.41) is 47.6. The van der Waals surface area contributed by atoms with E-state index in [0.29, 0.717) is 12.8 Å². The number of primary amides is 2. The van der Waals surface area contributed by atoms with Crippen molar-refractivity contribution >= 4 is 47.3 Å². The molecule has 2 unspecified atom stereocenters. The van der Waals surface area contributed by atoms with Crippen molar-refractivity contribution in [2.75, 3.05) is 19.8 Å². The van der Waals surface area contributed by atoms with Gasteiger partial charge in [0.15, 0.2) is 0 Å². The van der Waals surface area contributed by atoms with E-state index in [1.54, 1.807) is 44.2 Å². The molecule has 1 aromatic carbocycles. The van der Waals surface area contributed by atoms with Gasteiger partial charge >= 0.3 is 0 Å². The van der Waals surface area contributed by atoms with Crippen molar-refractivity contribution in [1.29, 1.82) is 0 Å². The summed E-state index contributed by atoms with van der Waals surface area (Å²) in [6.07, 6.45) is -0.956. The molecule has 0 aliphatic carbocycles. The minimum atomic E-state index is -1.72. The highest BCUT2D eigenvalue weighted by Crippen LogP contribution is 2.12. The average molecular weight is 792 g/mol. The molecule has 20 nitrogen and oxygen atoms in total. The lowest BCUT2D eigenvalue weighted by atomic mass is 9.96. The number of rotatable bonds is 15. The van der Waals surface area contributed by atoms with Crippen LogP contribution in [0.25, 0.3) is 0 Å². The van der Waals surface area contributed by atoms with Crippen LogP contribution in [0.5, 0.6) is 0 Å². The van der Waals surface area contributed by atoms with Crippen molar-refractivity contribution < 1.29 is 53.7 Å². The molecule has 1 aromatic rings. The number of carbonyl (C=O) groups excluding carboxylic acids is 8. The summed E-state index contributed by atoms with van der Waals surface area (Å²) in [5.74, 6) is -7.28. The molecule has 312 valence electrons. The zero-order valence-electron chi connectivity index (χ0n) is 31.9.